The van der Waals surface area contributed by atoms with E-state index in [-0.39, 0.29) is 0 Å². The number of nitrogens with zero attached hydrogens (tertiary/aromatic N) is 3. The van der Waals surface area contributed by atoms with Crippen LogP contribution >= 0.6 is 23.1 Å². The molecule has 0 saturated heterocycles. The van der Waals surface area contributed by atoms with Gasteiger partial charge in [-0.25, -0.2) is 4.98 Å². The molecular weight excluding hydrogens is 368 g/mol. The Hall–Kier alpha value is -2.58. The molecule has 0 fully saturated rings. The summed E-state index contributed by atoms with van der Waals surface area (Å²) in [4.78, 5) is 4.60. The summed E-state index contributed by atoms with van der Waals surface area (Å²) < 4.78 is 11.0. The Kier molecular flexibility index (Phi) is 4.77. The predicted octanol–water partition coefficient (Wildman–Crippen LogP) is 5.44. The standard InChI is InChI=1S/C18H16N4O2S2/c1-11-3-5-13(6-4-11)19-17-20-14(9-25-17)10-26-18-22-21-16(24-18)15-7-8-23-12(15)2/h3-9H,10H2,1-2H3,(H,19,20). The van der Waals surface area contributed by atoms with Crippen molar-refractivity contribution in [2.45, 2.75) is 24.8 Å². The van der Waals surface area contributed by atoms with Crippen LogP contribution in [0.2, 0.25) is 0 Å². The Morgan fingerprint density at radius 1 is 1.12 bits per heavy atom. The van der Waals surface area contributed by atoms with Gasteiger partial charge in [-0.15, -0.1) is 21.5 Å². The summed E-state index contributed by atoms with van der Waals surface area (Å²) in [6.07, 6.45) is 1.61. The number of rotatable bonds is 6. The number of hydrogen-bond acceptors (Lipinski definition) is 8. The summed E-state index contributed by atoms with van der Waals surface area (Å²) in [7, 11) is 0. The Labute approximate surface area is 158 Å². The lowest BCUT2D eigenvalue weighted by Gasteiger charge is -2.02. The van der Waals surface area contributed by atoms with Crippen LogP contribution in [0.15, 0.2) is 56.0 Å². The number of aryl methyl sites for hydroxylation is 2. The quantitative estimate of drug-likeness (QED) is 0.444. The molecule has 3 aromatic heterocycles. The largest absolute Gasteiger partial charge is 0.469 e. The molecule has 0 aliphatic heterocycles. The molecule has 0 atom stereocenters. The van der Waals surface area contributed by atoms with Gasteiger partial charge in [-0.2, -0.15) is 0 Å². The minimum atomic E-state index is 0.471. The van der Waals surface area contributed by atoms with Crippen molar-refractivity contribution in [3.63, 3.8) is 0 Å². The van der Waals surface area contributed by atoms with Crippen LogP contribution in [0.25, 0.3) is 11.5 Å². The van der Waals surface area contributed by atoms with Crippen molar-refractivity contribution < 1.29 is 8.83 Å². The average molecular weight is 384 g/mol. The van der Waals surface area contributed by atoms with Crippen molar-refractivity contribution in [1.29, 1.82) is 0 Å². The van der Waals surface area contributed by atoms with E-state index in [1.165, 1.54) is 17.3 Å². The lowest BCUT2D eigenvalue weighted by atomic mass is 10.2. The van der Waals surface area contributed by atoms with Gasteiger partial charge in [0.15, 0.2) is 5.13 Å². The molecule has 4 aromatic rings. The number of thiazole rings is 1. The molecule has 1 N–H and O–H groups in total. The van der Waals surface area contributed by atoms with E-state index in [0.29, 0.717) is 16.9 Å². The zero-order valence-corrected chi connectivity index (χ0v) is 15.9. The first kappa shape index (κ1) is 16.9. The molecule has 0 radical (unpaired) electrons. The maximum Gasteiger partial charge on any atom is 0.277 e. The minimum absolute atomic E-state index is 0.471. The lowest BCUT2D eigenvalue weighted by molar-refractivity contribution is 0.463. The zero-order chi connectivity index (χ0) is 17.9. The van der Waals surface area contributed by atoms with E-state index in [1.54, 1.807) is 17.6 Å². The molecule has 0 aliphatic rings. The van der Waals surface area contributed by atoms with E-state index < -0.39 is 0 Å². The molecule has 3 heterocycles. The molecule has 26 heavy (non-hydrogen) atoms. The van der Waals surface area contributed by atoms with Gasteiger partial charge in [-0.1, -0.05) is 29.5 Å². The fourth-order valence-corrected chi connectivity index (χ4v) is 3.80. The minimum Gasteiger partial charge on any atom is -0.469 e. The van der Waals surface area contributed by atoms with Gasteiger partial charge < -0.3 is 14.2 Å². The highest BCUT2D eigenvalue weighted by Crippen LogP contribution is 2.29. The molecule has 0 bridgehead atoms. The summed E-state index contributed by atoms with van der Waals surface area (Å²) in [6, 6.07) is 10.1. The SMILES string of the molecule is Cc1ccc(Nc2nc(CSc3nnc(-c4ccoc4C)o3)cs2)cc1. The number of benzene rings is 1. The molecule has 6 nitrogen and oxygen atoms in total. The van der Waals surface area contributed by atoms with Gasteiger partial charge in [-0.05, 0) is 32.0 Å². The molecule has 1 aromatic carbocycles. The third-order valence-electron chi connectivity index (χ3n) is 3.69. The number of aromatic nitrogens is 3. The van der Waals surface area contributed by atoms with Crippen LogP contribution in [0.3, 0.4) is 0 Å². The van der Waals surface area contributed by atoms with Gasteiger partial charge in [0, 0.05) is 16.8 Å². The number of furan rings is 1. The third kappa shape index (κ3) is 3.81. The molecule has 0 spiro atoms. The zero-order valence-electron chi connectivity index (χ0n) is 14.2. The highest BCUT2D eigenvalue weighted by Gasteiger charge is 2.14. The molecule has 0 saturated carbocycles. The Bertz CT molecular complexity index is 1000. The van der Waals surface area contributed by atoms with E-state index in [4.69, 9.17) is 8.83 Å². The summed E-state index contributed by atoms with van der Waals surface area (Å²) in [5, 5.41) is 14.9. The fourth-order valence-electron chi connectivity index (χ4n) is 2.31. The van der Waals surface area contributed by atoms with Gasteiger partial charge in [0.25, 0.3) is 11.1 Å². The van der Waals surface area contributed by atoms with Crippen LogP contribution in [0.5, 0.6) is 0 Å². The highest BCUT2D eigenvalue weighted by atomic mass is 32.2. The topological polar surface area (TPSA) is 77.0 Å². The molecule has 0 aliphatic carbocycles. The van der Waals surface area contributed by atoms with Crippen molar-refractivity contribution in [2.24, 2.45) is 0 Å². The van der Waals surface area contributed by atoms with Crippen molar-refractivity contribution in [2.75, 3.05) is 5.32 Å². The van der Waals surface area contributed by atoms with E-state index in [9.17, 15) is 0 Å². The second kappa shape index (κ2) is 7.35. The second-order valence-corrected chi connectivity index (χ2v) is 7.47. The molecule has 0 amide bonds. The first-order valence-electron chi connectivity index (χ1n) is 7.96. The third-order valence-corrected chi connectivity index (χ3v) is 5.35. The Balaban J connectivity index is 1.37. The first-order chi connectivity index (χ1) is 12.7. The fraction of sp³-hybridized carbons (Fsp3) is 0.167. The molecule has 0 unspecified atom stereocenters. The summed E-state index contributed by atoms with van der Waals surface area (Å²) >= 11 is 3.04. The number of hydrogen-bond donors (Lipinski definition) is 1. The molecule has 4 rings (SSSR count). The maximum atomic E-state index is 5.68. The number of thioether (sulfide) groups is 1. The summed E-state index contributed by atoms with van der Waals surface area (Å²) in [5.74, 6) is 1.90. The normalized spacial score (nSPS) is 11.0. The van der Waals surface area contributed by atoms with E-state index in [1.807, 2.05) is 30.5 Å². The van der Waals surface area contributed by atoms with Crippen molar-refractivity contribution in [3.8, 4) is 11.5 Å². The lowest BCUT2D eigenvalue weighted by Crippen LogP contribution is -1.90. The number of nitrogens with one attached hydrogen (secondary N) is 1. The second-order valence-electron chi connectivity index (χ2n) is 5.69. The van der Waals surface area contributed by atoms with Crippen LogP contribution in [0.4, 0.5) is 10.8 Å². The van der Waals surface area contributed by atoms with Crippen LogP contribution in [0, 0.1) is 13.8 Å². The summed E-state index contributed by atoms with van der Waals surface area (Å²) in [6.45, 7) is 3.93. The number of anilines is 2. The van der Waals surface area contributed by atoms with Gasteiger partial charge in [0.1, 0.15) is 5.76 Å². The smallest absolute Gasteiger partial charge is 0.277 e. The maximum absolute atomic E-state index is 5.68. The van der Waals surface area contributed by atoms with Crippen LogP contribution < -0.4 is 5.32 Å². The summed E-state index contributed by atoms with van der Waals surface area (Å²) in [5.41, 5.74) is 4.05. The van der Waals surface area contributed by atoms with Crippen molar-refractivity contribution in [1.82, 2.24) is 15.2 Å². The predicted molar refractivity (Wildman–Crippen MR) is 103 cm³/mol. The van der Waals surface area contributed by atoms with E-state index in [2.05, 4.69) is 39.6 Å². The van der Waals surface area contributed by atoms with Gasteiger partial charge in [0.2, 0.25) is 0 Å². The van der Waals surface area contributed by atoms with Crippen LogP contribution in [-0.2, 0) is 5.75 Å². The molecular formula is C18H16N4O2S2. The van der Waals surface area contributed by atoms with Crippen molar-refractivity contribution >= 4 is 33.9 Å². The van der Waals surface area contributed by atoms with Crippen LogP contribution in [-0.4, -0.2) is 15.2 Å². The van der Waals surface area contributed by atoms with Gasteiger partial charge in [-0.3, -0.25) is 0 Å². The Morgan fingerprint density at radius 3 is 2.73 bits per heavy atom. The first-order valence-corrected chi connectivity index (χ1v) is 9.83. The van der Waals surface area contributed by atoms with Crippen LogP contribution in [0.1, 0.15) is 17.0 Å². The Morgan fingerprint density at radius 2 is 1.96 bits per heavy atom. The van der Waals surface area contributed by atoms with Crippen molar-refractivity contribution in [3.05, 3.63) is 59.0 Å². The van der Waals surface area contributed by atoms with E-state index in [0.717, 1.165) is 27.8 Å². The average Bonchev–Trinajstić information content (AvgIpc) is 3.36. The van der Waals surface area contributed by atoms with Gasteiger partial charge >= 0.3 is 0 Å². The van der Waals surface area contributed by atoms with E-state index >= 15 is 0 Å². The highest BCUT2D eigenvalue weighted by molar-refractivity contribution is 7.98. The molecule has 8 heteroatoms. The van der Waals surface area contributed by atoms with Gasteiger partial charge in [0.05, 0.1) is 17.5 Å². The molecule has 132 valence electrons. The monoisotopic (exact) mass is 384 g/mol.